The first-order chi connectivity index (χ1) is 16.0. The van der Waals surface area contributed by atoms with Gasteiger partial charge in [0.15, 0.2) is 0 Å². The number of benzene rings is 2. The number of hydrogen-bond donors (Lipinski definition) is 0. The van der Waals surface area contributed by atoms with E-state index in [2.05, 4.69) is 0 Å². The first-order valence-corrected chi connectivity index (χ1v) is 11.7. The number of sulfonamides is 1. The molecule has 1 saturated heterocycles. The minimum absolute atomic E-state index is 0.0129. The van der Waals surface area contributed by atoms with Crippen molar-refractivity contribution in [3.05, 3.63) is 69.5 Å². The van der Waals surface area contributed by atoms with Gasteiger partial charge in [0.05, 0.1) is 15.4 Å². The highest BCUT2D eigenvalue weighted by Gasteiger charge is 2.46. The van der Waals surface area contributed by atoms with Gasteiger partial charge in [0.2, 0.25) is 15.9 Å². The molecule has 11 nitrogen and oxygen atoms in total. The summed E-state index contributed by atoms with van der Waals surface area (Å²) in [6.07, 6.45) is 0. The number of imide groups is 1. The predicted molar refractivity (Wildman–Crippen MR) is 115 cm³/mol. The van der Waals surface area contributed by atoms with Crippen molar-refractivity contribution in [1.29, 1.82) is 0 Å². The zero-order valence-electron chi connectivity index (χ0n) is 17.9. The first kappa shape index (κ1) is 23.4. The lowest BCUT2D eigenvalue weighted by Crippen LogP contribution is -2.55. The molecule has 2 heterocycles. The maximum Gasteiger partial charge on any atom is 0.282 e. The van der Waals surface area contributed by atoms with Crippen LogP contribution in [-0.2, 0) is 14.8 Å². The fraction of sp³-hybridized carbons (Fsp3) is 0.286. The van der Waals surface area contributed by atoms with E-state index in [-0.39, 0.29) is 42.2 Å². The zero-order valence-corrected chi connectivity index (χ0v) is 18.7. The van der Waals surface area contributed by atoms with Crippen LogP contribution in [0.5, 0.6) is 0 Å². The minimum atomic E-state index is -3.96. The van der Waals surface area contributed by atoms with Gasteiger partial charge in [-0.3, -0.25) is 29.4 Å². The zero-order chi connectivity index (χ0) is 24.8. The number of amides is 3. The molecule has 2 aromatic carbocycles. The Labute approximate surface area is 193 Å². The van der Waals surface area contributed by atoms with Crippen LogP contribution in [0, 0.1) is 15.9 Å². The summed E-state index contributed by atoms with van der Waals surface area (Å²) in [4.78, 5) is 51.0. The van der Waals surface area contributed by atoms with Crippen LogP contribution in [0.2, 0.25) is 0 Å². The van der Waals surface area contributed by atoms with E-state index in [1.807, 2.05) is 0 Å². The van der Waals surface area contributed by atoms with E-state index >= 15 is 0 Å². The molecule has 13 heteroatoms. The Morgan fingerprint density at radius 3 is 2.32 bits per heavy atom. The van der Waals surface area contributed by atoms with Gasteiger partial charge in [-0.25, -0.2) is 12.8 Å². The number of piperazine rings is 1. The van der Waals surface area contributed by atoms with Gasteiger partial charge in [0.25, 0.3) is 17.5 Å². The third kappa shape index (κ3) is 3.82. The summed E-state index contributed by atoms with van der Waals surface area (Å²) in [6, 6.07) is 7.04. The summed E-state index contributed by atoms with van der Waals surface area (Å²) >= 11 is 0. The lowest BCUT2D eigenvalue weighted by Gasteiger charge is -2.36. The molecule has 1 fully saturated rings. The van der Waals surface area contributed by atoms with E-state index < -0.39 is 50.2 Å². The van der Waals surface area contributed by atoms with Gasteiger partial charge >= 0.3 is 0 Å². The highest BCUT2D eigenvalue weighted by atomic mass is 32.2. The Kier molecular flexibility index (Phi) is 5.91. The molecule has 2 aliphatic rings. The third-order valence-corrected chi connectivity index (χ3v) is 7.74. The van der Waals surface area contributed by atoms with Gasteiger partial charge in [-0.15, -0.1) is 0 Å². The first-order valence-electron chi connectivity index (χ1n) is 10.2. The summed E-state index contributed by atoms with van der Waals surface area (Å²) in [5.41, 5.74) is -1.03. The average molecular weight is 490 g/mol. The molecule has 0 bridgehead atoms. The number of nitrogens with zero attached hydrogens (tertiary/aromatic N) is 4. The summed E-state index contributed by atoms with van der Waals surface area (Å²) in [7, 11) is -3.96. The average Bonchev–Trinajstić information content (AvgIpc) is 3.08. The van der Waals surface area contributed by atoms with Crippen molar-refractivity contribution in [2.24, 2.45) is 0 Å². The number of fused-ring (bicyclic) bond motifs is 1. The molecule has 3 amide bonds. The molecular formula is C21H19FN4O7S. The van der Waals surface area contributed by atoms with E-state index in [4.69, 9.17) is 0 Å². The molecule has 0 unspecified atom stereocenters. The molecule has 0 N–H and O–H groups in total. The summed E-state index contributed by atoms with van der Waals surface area (Å²) in [5, 5.41) is 11.3. The van der Waals surface area contributed by atoms with Crippen molar-refractivity contribution in [3.63, 3.8) is 0 Å². The Hall–Kier alpha value is -3.71. The normalized spacial score (nSPS) is 17.6. The van der Waals surface area contributed by atoms with Crippen LogP contribution in [0.1, 0.15) is 27.6 Å². The van der Waals surface area contributed by atoms with Gasteiger partial charge in [-0.05, 0) is 31.2 Å². The molecule has 4 rings (SSSR count). The van der Waals surface area contributed by atoms with Gasteiger partial charge in [0, 0.05) is 32.2 Å². The molecule has 0 aliphatic carbocycles. The molecule has 2 aliphatic heterocycles. The highest BCUT2D eigenvalue weighted by molar-refractivity contribution is 7.89. The van der Waals surface area contributed by atoms with Gasteiger partial charge < -0.3 is 4.90 Å². The standard InChI is InChI=1S/C21H19FN4O7S/c1-13(25-20(28)16-6-3-7-17(26(30)31)18(16)21(25)29)19(27)23-8-10-24(11-9-23)34(32,33)15-5-2-4-14(22)12-15/h2-7,12-13H,8-11H2,1H3/t13-/m0/s1. The number of rotatable bonds is 5. The SMILES string of the molecule is C[C@@H](C(=O)N1CCN(S(=O)(=O)c2cccc(F)c2)CC1)N1C(=O)c2cccc([N+](=O)[O-])c2C1=O. The van der Waals surface area contributed by atoms with Crippen LogP contribution in [0.4, 0.5) is 10.1 Å². The van der Waals surface area contributed by atoms with Crippen LogP contribution in [0.25, 0.3) is 0 Å². The second-order valence-electron chi connectivity index (χ2n) is 7.80. The Balaban J connectivity index is 1.48. The number of halogens is 1. The molecule has 0 saturated carbocycles. The monoisotopic (exact) mass is 490 g/mol. The van der Waals surface area contributed by atoms with Crippen molar-refractivity contribution in [2.45, 2.75) is 17.9 Å². The molecule has 0 spiro atoms. The van der Waals surface area contributed by atoms with Crippen molar-refractivity contribution >= 4 is 33.4 Å². The van der Waals surface area contributed by atoms with Crippen LogP contribution >= 0.6 is 0 Å². The topological polar surface area (TPSA) is 138 Å². The molecule has 1 atom stereocenters. The molecule has 2 aromatic rings. The van der Waals surface area contributed by atoms with E-state index in [1.54, 1.807) is 0 Å². The predicted octanol–water partition coefficient (Wildman–Crippen LogP) is 1.25. The molecular weight excluding hydrogens is 471 g/mol. The molecule has 0 radical (unpaired) electrons. The Bertz CT molecular complexity index is 1320. The van der Waals surface area contributed by atoms with Crippen LogP contribution < -0.4 is 0 Å². The summed E-state index contributed by atoms with van der Waals surface area (Å²) in [6.45, 7) is 1.18. The number of nitro benzene ring substituents is 1. The summed E-state index contributed by atoms with van der Waals surface area (Å²) in [5.74, 6) is -3.03. The maximum absolute atomic E-state index is 13.5. The highest BCUT2D eigenvalue weighted by Crippen LogP contribution is 2.32. The minimum Gasteiger partial charge on any atom is -0.338 e. The van der Waals surface area contributed by atoms with Crippen LogP contribution in [0.3, 0.4) is 0 Å². The largest absolute Gasteiger partial charge is 0.338 e. The third-order valence-electron chi connectivity index (χ3n) is 5.85. The van der Waals surface area contributed by atoms with E-state index in [9.17, 15) is 37.3 Å². The quantitative estimate of drug-likeness (QED) is 0.349. The van der Waals surface area contributed by atoms with Crippen LogP contribution in [0.15, 0.2) is 47.4 Å². The lowest BCUT2D eigenvalue weighted by molar-refractivity contribution is -0.385. The number of hydrogen-bond acceptors (Lipinski definition) is 7. The van der Waals surface area contributed by atoms with Gasteiger partial charge in [0.1, 0.15) is 17.4 Å². The van der Waals surface area contributed by atoms with E-state index in [0.29, 0.717) is 4.90 Å². The van der Waals surface area contributed by atoms with Crippen molar-refractivity contribution in [1.82, 2.24) is 14.1 Å². The number of nitro groups is 1. The molecule has 34 heavy (non-hydrogen) atoms. The van der Waals surface area contributed by atoms with Gasteiger partial charge in [-0.1, -0.05) is 12.1 Å². The second kappa shape index (κ2) is 8.57. The fourth-order valence-electron chi connectivity index (χ4n) is 4.09. The van der Waals surface area contributed by atoms with Crippen LogP contribution in [-0.4, -0.2) is 77.4 Å². The van der Waals surface area contributed by atoms with Crippen molar-refractivity contribution in [3.8, 4) is 0 Å². The van der Waals surface area contributed by atoms with E-state index in [1.165, 1.54) is 36.1 Å². The Morgan fingerprint density at radius 1 is 1.06 bits per heavy atom. The number of carbonyl (C=O) groups excluding carboxylic acids is 3. The fourth-order valence-corrected chi connectivity index (χ4v) is 5.54. The number of carbonyl (C=O) groups is 3. The Morgan fingerprint density at radius 2 is 1.71 bits per heavy atom. The molecule has 178 valence electrons. The lowest BCUT2D eigenvalue weighted by atomic mass is 10.1. The van der Waals surface area contributed by atoms with Gasteiger partial charge in [-0.2, -0.15) is 4.31 Å². The van der Waals surface area contributed by atoms with E-state index in [0.717, 1.165) is 22.5 Å². The maximum atomic E-state index is 13.5. The smallest absolute Gasteiger partial charge is 0.282 e. The van der Waals surface area contributed by atoms with Crippen molar-refractivity contribution < 1.29 is 32.1 Å². The second-order valence-corrected chi connectivity index (χ2v) is 9.74. The summed E-state index contributed by atoms with van der Waals surface area (Å²) < 4.78 is 40.1. The van der Waals surface area contributed by atoms with Crippen molar-refractivity contribution in [2.75, 3.05) is 26.2 Å². The molecule has 0 aromatic heterocycles.